The Morgan fingerprint density at radius 1 is 1.33 bits per heavy atom. The number of hydrogen-bond acceptors (Lipinski definition) is 1. The molecule has 0 rings (SSSR count). The van der Waals surface area contributed by atoms with E-state index in [9.17, 15) is 0 Å². The van der Waals surface area contributed by atoms with Crippen LogP contribution in [0.25, 0.3) is 0 Å². The molecule has 0 spiro atoms. The maximum atomic E-state index is 4.31. The van der Waals surface area contributed by atoms with Gasteiger partial charge in [-0.05, 0) is 23.5 Å². The number of rotatable bonds is 2. The third kappa shape index (κ3) is 8.35. The Morgan fingerprint density at radius 3 is 1.89 bits per heavy atom. The second-order valence-corrected chi connectivity index (χ2v) is 4.83. The molecule has 0 fully saturated rings. The number of hydrogen-bond donors (Lipinski definition) is 1. The van der Waals surface area contributed by atoms with Crippen molar-refractivity contribution in [2.75, 3.05) is 0 Å². The van der Waals surface area contributed by atoms with E-state index in [0.29, 0.717) is 10.7 Å². The van der Waals surface area contributed by atoms with Gasteiger partial charge < -0.3 is 0 Å². The van der Waals surface area contributed by atoms with Crippen LogP contribution in [0.4, 0.5) is 0 Å². The maximum Gasteiger partial charge on any atom is -0.00114 e. The highest BCUT2D eigenvalue weighted by Gasteiger charge is 2.10. The van der Waals surface area contributed by atoms with Crippen molar-refractivity contribution in [3.05, 3.63) is 0 Å². The Labute approximate surface area is 64.4 Å². The normalized spacial score (nSPS) is 15.7. The second-order valence-electron chi connectivity index (χ2n) is 3.95. The molecule has 0 heterocycles. The lowest BCUT2D eigenvalue weighted by Gasteiger charge is -2.18. The molecule has 0 bridgehead atoms. The third-order valence-electron chi connectivity index (χ3n) is 1.31. The van der Waals surface area contributed by atoms with Crippen molar-refractivity contribution in [3.63, 3.8) is 0 Å². The van der Waals surface area contributed by atoms with Crippen LogP contribution >= 0.6 is 12.6 Å². The summed E-state index contributed by atoms with van der Waals surface area (Å²) >= 11 is 4.31. The van der Waals surface area contributed by atoms with Crippen molar-refractivity contribution in [1.29, 1.82) is 0 Å². The highest BCUT2D eigenvalue weighted by atomic mass is 32.1. The molecule has 0 aliphatic carbocycles. The molecule has 0 aromatic rings. The summed E-state index contributed by atoms with van der Waals surface area (Å²) < 4.78 is 0. The molecule has 0 saturated carbocycles. The van der Waals surface area contributed by atoms with Crippen LogP contribution in [0.5, 0.6) is 0 Å². The first-order chi connectivity index (χ1) is 3.92. The van der Waals surface area contributed by atoms with Crippen LogP contribution in [-0.2, 0) is 0 Å². The molecule has 0 saturated heterocycles. The Hall–Kier alpha value is 0.350. The van der Waals surface area contributed by atoms with E-state index in [-0.39, 0.29) is 0 Å². The van der Waals surface area contributed by atoms with E-state index >= 15 is 0 Å². The summed E-state index contributed by atoms with van der Waals surface area (Å²) in [6.45, 7) is 8.95. The Balaban J connectivity index is 3.28. The monoisotopic (exact) mass is 146 g/mol. The van der Waals surface area contributed by atoms with Crippen LogP contribution in [0, 0.1) is 5.41 Å². The van der Waals surface area contributed by atoms with Crippen LogP contribution in [0.1, 0.15) is 40.5 Å². The van der Waals surface area contributed by atoms with Crippen LogP contribution < -0.4 is 0 Å². The molecule has 0 aliphatic rings. The minimum absolute atomic E-state index is 0.483. The Bertz CT molecular complexity index is 69.1. The largest absolute Gasteiger partial charge is 0.176 e. The quantitative estimate of drug-likeness (QED) is 0.568. The van der Waals surface area contributed by atoms with Gasteiger partial charge in [0.1, 0.15) is 0 Å². The van der Waals surface area contributed by atoms with Crippen LogP contribution in [0.3, 0.4) is 0 Å². The molecular formula is C8H18S. The summed E-state index contributed by atoms with van der Waals surface area (Å²) in [7, 11) is 0. The zero-order valence-electron chi connectivity index (χ0n) is 6.94. The lowest BCUT2D eigenvalue weighted by atomic mass is 9.90. The van der Waals surface area contributed by atoms with E-state index in [2.05, 4.69) is 40.3 Å². The fourth-order valence-corrected chi connectivity index (χ4v) is 0.771. The summed E-state index contributed by atoms with van der Waals surface area (Å²) in [5, 5.41) is 0.559. The van der Waals surface area contributed by atoms with Gasteiger partial charge in [0.2, 0.25) is 0 Å². The highest BCUT2D eigenvalue weighted by Crippen LogP contribution is 2.22. The van der Waals surface area contributed by atoms with Gasteiger partial charge >= 0.3 is 0 Å². The lowest BCUT2D eigenvalue weighted by molar-refractivity contribution is 0.366. The molecule has 0 amide bonds. The van der Waals surface area contributed by atoms with Crippen molar-refractivity contribution in [3.8, 4) is 0 Å². The number of thiol groups is 1. The molecule has 0 radical (unpaired) electrons. The van der Waals surface area contributed by atoms with Crippen molar-refractivity contribution < 1.29 is 0 Å². The fraction of sp³-hybridized carbons (Fsp3) is 1.00. The van der Waals surface area contributed by atoms with Gasteiger partial charge in [-0.2, -0.15) is 12.6 Å². The first-order valence-electron chi connectivity index (χ1n) is 3.60. The standard InChI is InChI=1S/C8H18S/c1-7(9)5-6-8(2,3)4/h7,9H,5-6H2,1-4H3. The van der Waals surface area contributed by atoms with Gasteiger partial charge in [0.15, 0.2) is 0 Å². The zero-order valence-corrected chi connectivity index (χ0v) is 7.83. The molecular weight excluding hydrogens is 128 g/mol. The summed E-state index contributed by atoms with van der Waals surface area (Å²) in [6.07, 6.45) is 2.50. The van der Waals surface area contributed by atoms with E-state index < -0.39 is 0 Å². The van der Waals surface area contributed by atoms with Gasteiger partial charge in [-0.15, -0.1) is 0 Å². The van der Waals surface area contributed by atoms with Crippen molar-refractivity contribution in [2.24, 2.45) is 5.41 Å². The molecule has 0 aromatic heterocycles. The maximum absolute atomic E-state index is 4.31. The molecule has 1 unspecified atom stereocenters. The second kappa shape index (κ2) is 3.50. The molecule has 0 N–H and O–H groups in total. The summed E-state index contributed by atoms with van der Waals surface area (Å²) in [5.74, 6) is 0. The first kappa shape index (κ1) is 9.35. The van der Waals surface area contributed by atoms with Gasteiger partial charge in [0, 0.05) is 0 Å². The fourth-order valence-electron chi connectivity index (χ4n) is 0.642. The van der Waals surface area contributed by atoms with Gasteiger partial charge in [0.05, 0.1) is 0 Å². The third-order valence-corrected chi connectivity index (χ3v) is 1.57. The van der Waals surface area contributed by atoms with Crippen LogP contribution in [0.15, 0.2) is 0 Å². The smallest absolute Gasteiger partial charge is 0.00114 e. The van der Waals surface area contributed by atoms with E-state index in [0.717, 1.165) is 0 Å². The molecule has 0 aromatic carbocycles. The predicted octanol–water partition coefficient (Wildman–Crippen LogP) is 3.13. The van der Waals surface area contributed by atoms with E-state index in [4.69, 9.17) is 0 Å². The average Bonchev–Trinajstić information content (AvgIpc) is 1.59. The summed E-state index contributed by atoms with van der Waals surface area (Å²) in [6, 6.07) is 0. The molecule has 0 aliphatic heterocycles. The topological polar surface area (TPSA) is 0 Å². The van der Waals surface area contributed by atoms with Crippen LogP contribution in [0.2, 0.25) is 0 Å². The molecule has 9 heavy (non-hydrogen) atoms. The van der Waals surface area contributed by atoms with Crippen molar-refractivity contribution in [2.45, 2.75) is 45.8 Å². The highest BCUT2D eigenvalue weighted by molar-refractivity contribution is 7.80. The Kier molecular flexibility index (Phi) is 3.64. The first-order valence-corrected chi connectivity index (χ1v) is 4.11. The van der Waals surface area contributed by atoms with Gasteiger partial charge in [-0.3, -0.25) is 0 Å². The molecule has 56 valence electrons. The molecule has 1 heteroatoms. The lowest BCUT2D eigenvalue weighted by Crippen LogP contribution is -2.07. The Morgan fingerprint density at radius 2 is 1.78 bits per heavy atom. The van der Waals surface area contributed by atoms with E-state index in [1.54, 1.807) is 0 Å². The van der Waals surface area contributed by atoms with Crippen molar-refractivity contribution in [1.82, 2.24) is 0 Å². The van der Waals surface area contributed by atoms with E-state index in [1.165, 1.54) is 12.8 Å². The van der Waals surface area contributed by atoms with Crippen molar-refractivity contribution >= 4 is 12.6 Å². The van der Waals surface area contributed by atoms with Gasteiger partial charge in [-0.1, -0.05) is 27.7 Å². The van der Waals surface area contributed by atoms with Gasteiger partial charge in [0.25, 0.3) is 0 Å². The predicted molar refractivity (Wildman–Crippen MR) is 47.1 cm³/mol. The minimum Gasteiger partial charge on any atom is -0.176 e. The molecule has 1 atom stereocenters. The average molecular weight is 146 g/mol. The summed E-state index contributed by atoms with van der Waals surface area (Å²) in [5.41, 5.74) is 0.483. The summed E-state index contributed by atoms with van der Waals surface area (Å²) in [4.78, 5) is 0. The minimum atomic E-state index is 0.483. The van der Waals surface area contributed by atoms with Gasteiger partial charge in [-0.25, -0.2) is 0 Å². The van der Waals surface area contributed by atoms with Crippen LogP contribution in [-0.4, -0.2) is 5.25 Å². The zero-order chi connectivity index (χ0) is 7.49. The molecule has 0 nitrogen and oxygen atoms in total. The SMILES string of the molecule is CC(S)CCC(C)(C)C. The van der Waals surface area contributed by atoms with E-state index in [1.807, 2.05) is 0 Å².